The van der Waals surface area contributed by atoms with Crippen molar-refractivity contribution in [3.05, 3.63) is 0 Å². The molecule has 0 atom stereocenters. The maximum atomic E-state index is 12.4. The molecule has 1 fully saturated rings. The summed E-state index contributed by atoms with van der Waals surface area (Å²) in [6.45, 7) is 7.76. The third-order valence-electron chi connectivity index (χ3n) is 3.46. The molecular formula is C13H26N2O. The lowest BCUT2D eigenvalue weighted by atomic mass is 9.84. The Labute approximate surface area is 99.4 Å². The fourth-order valence-electron chi connectivity index (χ4n) is 2.75. The Morgan fingerprint density at radius 3 is 2.19 bits per heavy atom. The second-order valence-electron chi connectivity index (χ2n) is 6.41. The molecule has 0 bridgehead atoms. The van der Waals surface area contributed by atoms with Crippen molar-refractivity contribution in [3.8, 4) is 0 Å². The molecule has 0 saturated heterocycles. The molecule has 1 saturated carbocycles. The monoisotopic (exact) mass is 226 g/mol. The Balaban J connectivity index is 2.68. The van der Waals surface area contributed by atoms with Gasteiger partial charge in [0.05, 0.1) is 5.41 Å². The second kappa shape index (κ2) is 4.74. The summed E-state index contributed by atoms with van der Waals surface area (Å²) in [5, 5.41) is 0. The molecule has 3 heteroatoms. The summed E-state index contributed by atoms with van der Waals surface area (Å²) in [4.78, 5) is 14.3. The molecule has 3 nitrogen and oxygen atoms in total. The molecule has 0 aromatic heterocycles. The van der Waals surface area contributed by atoms with Crippen molar-refractivity contribution in [1.29, 1.82) is 0 Å². The number of hydrogen-bond acceptors (Lipinski definition) is 2. The Morgan fingerprint density at radius 1 is 1.31 bits per heavy atom. The van der Waals surface area contributed by atoms with Crippen LogP contribution in [0.15, 0.2) is 0 Å². The fourth-order valence-corrected chi connectivity index (χ4v) is 2.75. The van der Waals surface area contributed by atoms with Crippen molar-refractivity contribution in [1.82, 2.24) is 4.90 Å². The normalized spacial score (nSPS) is 19.8. The van der Waals surface area contributed by atoms with Gasteiger partial charge in [0.25, 0.3) is 0 Å². The van der Waals surface area contributed by atoms with Crippen LogP contribution in [0.5, 0.6) is 0 Å². The molecule has 1 rings (SSSR count). The molecule has 0 spiro atoms. The van der Waals surface area contributed by atoms with E-state index in [1.807, 2.05) is 11.9 Å². The van der Waals surface area contributed by atoms with E-state index < -0.39 is 0 Å². The van der Waals surface area contributed by atoms with Crippen LogP contribution in [0.4, 0.5) is 0 Å². The molecule has 2 N–H and O–H groups in total. The first-order valence-corrected chi connectivity index (χ1v) is 6.26. The van der Waals surface area contributed by atoms with Crippen molar-refractivity contribution in [3.63, 3.8) is 0 Å². The largest absolute Gasteiger partial charge is 0.345 e. The molecule has 94 valence electrons. The molecule has 0 aliphatic heterocycles. The van der Waals surface area contributed by atoms with E-state index in [-0.39, 0.29) is 16.7 Å². The van der Waals surface area contributed by atoms with Crippen LogP contribution in [0.3, 0.4) is 0 Å². The number of nitrogens with two attached hydrogens (primary N) is 1. The Hall–Kier alpha value is -0.570. The molecule has 1 amide bonds. The van der Waals surface area contributed by atoms with Gasteiger partial charge in [-0.25, -0.2) is 0 Å². The van der Waals surface area contributed by atoms with Crippen molar-refractivity contribution in [2.45, 2.75) is 46.5 Å². The zero-order valence-corrected chi connectivity index (χ0v) is 11.2. The smallest absolute Gasteiger partial charge is 0.229 e. The Bertz CT molecular complexity index is 249. The van der Waals surface area contributed by atoms with Gasteiger partial charge >= 0.3 is 0 Å². The Morgan fingerprint density at radius 2 is 1.81 bits per heavy atom. The predicted molar refractivity (Wildman–Crippen MR) is 67.0 cm³/mol. The van der Waals surface area contributed by atoms with Crippen LogP contribution in [-0.4, -0.2) is 30.9 Å². The fraction of sp³-hybridized carbons (Fsp3) is 0.923. The molecule has 1 aliphatic carbocycles. The van der Waals surface area contributed by atoms with Gasteiger partial charge in [0.15, 0.2) is 0 Å². The minimum absolute atomic E-state index is 0.152. The van der Waals surface area contributed by atoms with Crippen molar-refractivity contribution < 1.29 is 4.79 Å². The summed E-state index contributed by atoms with van der Waals surface area (Å²) in [6.07, 6.45) is 4.23. The molecule has 1 aliphatic rings. The van der Waals surface area contributed by atoms with E-state index in [9.17, 15) is 4.79 Å². The van der Waals surface area contributed by atoms with Crippen molar-refractivity contribution in [2.24, 2.45) is 16.6 Å². The standard InChI is InChI=1S/C13H26N2O/c1-12(2,3)10-15(4)11(16)13(9-14)7-5-6-8-13/h5-10,14H2,1-4H3. The van der Waals surface area contributed by atoms with E-state index in [2.05, 4.69) is 20.8 Å². The van der Waals surface area contributed by atoms with E-state index in [0.717, 1.165) is 32.2 Å². The summed E-state index contributed by atoms with van der Waals surface area (Å²) < 4.78 is 0. The summed E-state index contributed by atoms with van der Waals surface area (Å²) in [5.41, 5.74) is 5.73. The molecule has 0 aromatic rings. The van der Waals surface area contributed by atoms with Gasteiger partial charge in [-0.15, -0.1) is 0 Å². The first-order valence-electron chi connectivity index (χ1n) is 6.26. The van der Waals surface area contributed by atoms with Gasteiger partial charge in [0.1, 0.15) is 0 Å². The highest BCUT2D eigenvalue weighted by Crippen LogP contribution is 2.38. The molecule has 0 unspecified atom stereocenters. The highest BCUT2D eigenvalue weighted by atomic mass is 16.2. The third-order valence-corrected chi connectivity index (χ3v) is 3.46. The number of amides is 1. The van der Waals surface area contributed by atoms with Gasteiger partial charge in [-0.2, -0.15) is 0 Å². The van der Waals surface area contributed by atoms with E-state index >= 15 is 0 Å². The van der Waals surface area contributed by atoms with E-state index in [0.29, 0.717) is 6.54 Å². The lowest BCUT2D eigenvalue weighted by molar-refractivity contribution is -0.141. The van der Waals surface area contributed by atoms with Crippen LogP contribution in [0.2, 0.25) is 0 Å². The lowest BCUT2D eigenvalue weighted by Crippen LogP contribution is -2.47. The molecule has 0 heterocycles. The topological polar surface area (TPSA) is 46.3 Å². The van der Waals surface area contributed by atoms with Crippen LogP contribution in [-0.2, 0) is 4.79 Å². The molecule has 0 radical (unpaired) electrons. The van der Waals surface area contributed by atoms with Gasteiger partial charge in [-0.05, 0) is 18.3 Å². The second-order valence-corrected chi connectivity index (χ2v) is 6.41. The van der Waals surface area contributed by atoms with Gasteiger partial charge in [0, 0.05) is 20.1 Å². The number of hydrogen-bond donors (Lipinski definition) is 1. The zero-order chi connectivity index (χ0) is 12.4. The average molecular weight is 226 g/mol. The maximum Gasteiger partial charge on any atom is 0.229 e. The quantitative estimate of drug-likeness (QED) is 0.800. The van der Waals surface area contributed by atoms with E-state index in [1.54, 1.807) is 0 Å². The Kier molecular flexibility index (Phi) is 4.00. The van der Waals surface area contributed by atoms with Crippen molar-refractivity contribution in [2.75, 3.05) is 20.1 Å². The van der Waals surface area contributed by atoms with Crippen molar-refractivity contribution >= 4 is 5.91 Å². The van der Waals surface area contributed by atoms with Crippen LogP contribution < -0.4 is 5.73 Å². The van der Waals surface area contributed by atoms with Crippen LogP contribution in [0.1, 0.15) is 46.5 Å². The van der Waals surface area contributed by atoms with Crippen LogP contribution in [0, 0.1) is 10.8 Å². The van der Waals surface area contributed by atoms with E-state index in [4.69, 9.17) is 5.73 Å². The SMILES string of the molecule is CN(CC(C)(C)C)C(=O)C1(CN)CCCC1. The van der Waals surface area contributed by atoms with Gasteiger partial charge in [-0.1, -0.05) is 33.6 Å². The number of rotatable bonds is 3. The number of nitrogens with zero attached hydrogens (tertiary/aromatic N) is 1. The minimum atomic E-state index is -0.250. The number of carbonyl (C=O) groups is 1. The average Bonchev–Trinajstić information content (AvgIpc) is 2.63. The highest BCUT2D eigenvalue weighted by Gasteiger charge is 2.41. The summed E-state index contributed by atoms with van der Waals surface area (Å²) in [6, 6.07) is 0. The lowest BCUT2D eigenvalue weighted by Gasteiger charge is -2.34. The third kappa shape index (κ3) is 2.97. The maximum absolute atomic E-state index is 12.4. The first-order chi connectivity index (χ1) is 7.31. The molecular weight excluding hydrogens is 200 g/mol. The van der Waals surface area contributed by atoms with Crippen LogP contribution >= 0.6 is 0 Å². The van der Waals surface area contributed by atoms with Gasteiger partial charge in [0.2, 0.25) is 5.91 Å². The predicted octanol–water partition coefficient (Wildman–Crippen LogP) is 2.01. The summed E-state index contributed by atoms with van der Waals surface area (Å²) in [7, 11) is 1.91. The van der Waals surface area contributed by atoms with Gasteiger partial charge < -0.3 is 10.6 Å². The minimum Gasteiger partial charge on any atom is -0.345 e. The highest BCUT2D eigenvalue weighted by molar-refractivity contribution is 5.83. The first kappa shape index (κ1) is 13.5. The van der Waals surface area contributed by atoms with E-state index in [1.165, 1.54) is 0 Å². The summed E-state index contributed by atoms with van der Waals surface area (Å²) >= 11 is 0. The summed E-state index contributed by atoms with van der Waals surface area (Å²) in [5.74, 6) is 0.252. The number of carbonyl (C=O) groups excluding carboxylic acids is 1. The zero-order valence-electron chi connectivity index (χ0n) is 11.2. The van der Waals surface area contributed by atoms with Crippen LogP contribution in [0.25, 0.3) is 0 Å². The van der Waals surface area contributed by atoms with Gasteiger partial charge in [-0.3, -0.25) is 4.79 Å². The molecule has 0 aromatic carbocycles. The molecule has 16 heavy (non-hydrogen) atoms.